The zero-order valence-corrected chi connectivity index (χ0v) is 12.6. The number of aliphatic carboxylic acids is 1. The molecule has 0 bridgehead atoms. The van der Waals surface area contributed by atoms with Crippen molar-refractivity contribution in [3.63, 3.8) is 0 Å². The maximum absolute atomic E-state index is 12.6. The van der Waals surface area contributed by atoms with Crippen molar-refractivity contribution in [2.75, 3.05) is 33.7 Å². The summed E-state index contributed by atoms with van der Waals surface area (Å²) in [6.07, 6.45) is 2.41. The number of amides is 2. The van der Waals surface area contributed by atoms with Crippen molar-refractivity contribution < 1.29 is 14.7 Å². The topological polar surface area (TPSA) is 64.1 Å². The third-order valence-corrected chi connectivity index (χ3v) is 4.56. The summed E-state index contributed by atoms with van der Waals surface area (Å²) in [5.74, 6) is -0.512. The molecule has 20 heavy (non-hydrogen) atoms. The predicted octanol–water partition coefficient (Wildman–Crippen LogP) is 0.927. The Labute approximate surface area is 120 Å². The first-order valence-electron chi connectivity index (χ1n) is 7.35. The average molecular weight is 283 g/mol. The van der Waals surface area contributed by atoms with Crippen LogP contribution in [0.25, 0.3) is 0 Å². The van der Waals surface area contributed by atoms with Crippen molar-refractivity contribution in [2.24, 2.45) is 5.92 Å². The van der Waals surface area contributed by atoms with E-state index < -0.39 is 12.0 Å². The molecule has 1 N–H and O–H groups in total. The van der Waals surface area contributed by atoms with E-state index >= 15 is 0 Å². The van der Waals surface area contributed by atoms with Crippen LogP contribution in [0.3, 0.4) is 0 Å². The van der Waals surface area contributed by atoms with E-state index in [-0.39, 0.29) is 6.03 Å². The number of likely N-dealkylation sites (N-methyl/N-ethyl adjacent to an activating group) is 1. The van der Waals surface area contributed by atoms with Gasteiger partial charge in [-0.3, -0.25) is 0 Å². The molecule has 2 amide bonds. The Morgan fingerprint density at radius 3 is 2.45 bits per heavy atom. The van der Waals surface area contributed by atoms with E-state index in [0.29, 0.717) is 31.5 Å². The van der Waals surface area contributed by atoms with Gasteiger partial charge in [-0.25, -0.2) is 9.59 Å². The molecular formula is C14H25N3O3. The van der Waals surface area contributed by atoms with Crippen LogP contribution in [0, 0.1) is 5.92 Å². The molecule has 0 aliphatic carbocycles. The Morgan fingerprint density at radius 2 is 1.90 bits per heavy atom. The molecule has 2 aliphatic rings. The zero-order chi connectivity index (χ0) is 14.9. The highest BCUT2D eigenvalue weighted by Crippen LogP contribution is 2.25. The van der Waals surface area contributed by atoms with Crippen molar-refractivity contribution in [3.8, 4) is 0 Å². The maximum Gasteiger partial charge on any atom is 0.326 e. The SMILES string of the molecule is CC1CCN(C(=O)N2CCC(N(C)C)C2)C(C(=O)O)C1. The molecule has 0 aromatic rings. The Balaban J connectivity index is 2.02. The summed E-state index contributed by atoms with van der Waals surface area (Å²) < 4.78 is 0. The third kappa shape index (κ3) is 3.06. The summed E-state index contributed by atoms with van der Waals surface area (Å²) in [6, 6.07) is -0.385. The van der Waals surface area contributed by atoms with E-state index in [4.69, 9.17) is 0 Å². The fraction of sp³-hybridized carbons (Fsp3) is 0.857. The number of carboxylic acid groups (broad SMARTS) is 1. The van der Waals surface area contributed by atoms with Gasteiger partial charge in [-0.05, 0) is 39.3 Å². The van der Waals surface area contributed by atoms with E-state index in [2.05, 4.69) is 11.8 Å². The number of likely N-dealkylation sites (tertiary alicyclic amines) is 2. The van der Waals surface area contributed by atoms with Gasteiger partial charge in [0.1, 0.15) is 6.04 Å². The van der Waals surface area contributed by atoms with Gasteiger partial charge in [-0.15, -0.1) is 0 Å². The smallest absolute Gasteiger partial charge is 0.326 e. The lowest BCUT2D eigenvalue weighted by Gasteiger charge is -2.38. The number of hydrogen-bond acceptors (Lipinski definition) is 3. The second-order valence-electron chi connectivity index (χ2n) is 6.31. The monoisotopic (exact) mass is 283 g/mol. The molecule has 0 aromatic carbocycles. The summed E-state index contributed by atoms with van der Waals surface area (Å²) in [5.41, 5.74) is 0. The number of urea groups is 1. The number of hydrogen-bond donors (Lipinski definition) is 1. The minimum atomic E-state index is -0.881. The molecule has 2 heterocycles. The van der Waals surface area contributed by atoms with Crippen LogP contribution in [-0.4, -0.2) is 77.6 Å². The molecular weight excluding hydrogens is 258 g/mol. The second-order valence-corrected chi connectivity index (χ2v) is 6.31. The van der Waals surface area contributed by atoms with E-state index in [1.54, 1.807) is 9.80 Å². The van der Waals surface area contributed by atoms with Crippen molar-refractivity contribution >= 4 is 12.0 Å². The lowest BCUT2D eigenvalue weighted by atomic mass is 9.93. The summed E-state index contributed by atoms with van der Waals surface area (Å²) in [6.45, 7) is 4.03. The molecule has 0 saturated carbocycles. The third-order valence-electron chi connectivity index (χ3n) is 4.56. The van der Waals surface area contributed by atoms with Crippen LogP contribution < -0.4 is 0 Å². The second kappa shape index (κ2) is 5.99. The van der Waals surface area contributed by atoms with Gasteiger partial charge in [-0.1, -0.05) is 6.92 Å². The highest BCUT2D eigenvalue weighted by Gasteiger charge is 2.38. The lowest BCUT2D eigenvalue weighted by molar-refractivity contribution is -0.144. The molecule has 114 valence electrons. The molecule has 2 saturated heterocycles. The summed E-state index contributed by atoms with van der Waals surface area (Å²) in [5, 5.41) is 9.34. The van der Waals surface area contributed by atoms with Crippen LogP contribution in [0.5, 0.6) is 0 Å². The fourth-order valence-corrected chi connectivity index (χ4v) is 3.12. The van der Waals surface area contributed by atoms with Gasteiger partial charge in [0, 0.05) is 25.7 Å². The highest BCUT2D eigenvalue weighted by atomic mass is 16.4. The van der Waals surface area contributed by atoms with E-state index in [9.17, 15) is 14.7 Å². The molecule has 3 atom stereocenters. The minimum absolute atomic E-state index is 0.103. The molecule has 3 unspecified atom stereocenters. The standard InChI is InChI=1S/C14H25N3O3/c1-10-4-7-17(12(8-10)13(18)19)14(20)16-6-5-11(9-16)15(2)3/h10-12H,4-9H2,1-3H3,(H,18,19). The van der Waals surface area contributed by atoms with Gasteiger partial charge >= 0.3 is 12.0 Å². The Hall–Kier alpha value is -1.30. The fourth-order valence-electron chi connectivity index (χ4n) is 3.12. The van der Waals surface area contributed by atoms with E-state index in [1.807, 2.05) is 14.1 Å². The first-order valence-corrected chi connectivity index (χ1v) is 7.35. The highest BCUT2D eigenvalue weighted by molar-refractivity contribution is 5.83. The largest absolute Gasteiger partial charge is 0.480 e. The van der Waals surface area contributed by atoms with Crippen molar-refractivity contribution in [1.82, 2.24) is 14.7 Å². The maximum atomic E-state index is 12.6. The number of nitrogens with zero attached hydrogens (tertiary/aromatic N) is 3. The van der Waals surface area contributed by atoms with Gasteiger partial charge in [0.25, 0.3) is 0 Å². The van der Waals surface area contributed by atoms with Crippen LogP contribution in [0.4, 0.5) is 4.79 Å². The quantitative estimate of drug-likeness (QED) is 0.819. The van der Waals surface area contributed by atoms with Crippen LogP contribution >= 0.6 is 0 Å². The van der Waals surface area contributed by atoms with Gasteiger partial charge < -0.3 is 19.8 Å². The molecule has 2 fully saturated rings. The van der Waals surface area contributed by atoms with Crippen molar-refractivity contribution in [3.05, 3.63) is 0 Å². The summed E-state index contributed by atoms with van der Waals surface area (Å²) >= 11 is 0. The number of rotatable bonds is 2. The van der Waals surface area contributed by atoms with Gasteiger partial charge in [0.15, 0.2) is 0 Å². The van der Waals surface area contributed by atoms with E-state index in [0.717, 1.165) is 19.4 Å². The number of carbonyl (C=O) groups excluding carboxylic acids is 1. The molecule has 0 aromatic heterocycles. The zero-order valence-electron chi connectivity index (χ0n) is 12.6. The molecule has 6 nitrogen and oxygen atoms in total. The predicted molar refractivity (Wildman–Crippen MR) is 75.6 cm³/mol. The molecule has 0 radical (unpaired) electrons. The van der Waals surface area contributed by atoms with Crippen LogP contribution in [0.15, 0.2) is 0 Å². The number of piperidine rings is 1. The lowest BCUT2D eigenvalue weighted by Crippen LogP contribution is -2.54. The average Bonchev–Trinajstić information content (AvgIpc) is 2.87. The summed E-state index contributed by atoms with van der Waals surface area (Å²) in [4.78, 5) is 29.4. The molecule has 6 heteroatoms. The molecule has 0 spiro atoms. The van der Waals surface area contributed by atoms with E-state index in [1.165, 1.54) is 0 Å². The van der Waals surface area contributed by atoms with Crippen LogP contribution in [0.2, 0.25) is 0 Å². The number of carboxylic acids is 1. The van der Waals surface area contributed by atoms with Crippen molar-refractivity contribution in [1.29, 1.82) is 0 Å². The van der Waals surface area contributed by atoms with Crippen LogP contribution in [-0.2, 0) is 4.79 Å². The normalized spacial score (nSPS) is 30.9. The Morgan fingerprint density at radius 1 is 1.20 bits per heavy atom. The van der Waals surface area contributed by atoms with Crippen molar-refractivity contribution in [2.45, 2.75) is 38.3 Å². The Kier molecular flexibility index (Phi) is 4.52. The van der Waals surface area contributed by atoms with Crippen LogP contribution in [0.1, 0.15) is 26.2 Å². The first kappa shape index (κ1) is 15.1. The Bertz CT molecular complexity index is 386. The van der Waals surface area contributed by atoms with Gasteiger partial charge in [0.05, 0.1) is 0 Å². The minimum Gasteiger partial charge on any atom is -0.480 e. The van der Waals surface area contributed by atoms with Gasteiger partial charge in [0.2, 0.25) is 0 Å². The number of carbonyl (C=O) groups is 2. The summed E-state index contributed by atoms with van der Waals surface area (Å²) in [7, 11) is 4.03. The molecule has 2 rings (SSSR count). The van der Waals surface area contributed by atoms with Gasteiger partial charge in [-0.2, -0.15) is 0 Å². The molecule has 2 aliphatic heterocycles. The first-order chi connectivity index (χ1) is 9.40.